The summed E-state index contributed by atoms with van der Waals surface area (Å²) in [6.07, 6.45) is 2.04. The zero-order chi connectivity index (χ0) is 10.8. The molecule has 0 aliphatic carbocycles. The number of nitrogens with zero attached hydrogens (tertiary/aromatic N) is 2. The van der Waals surface area contributed by atoms with E-state index in [-0.39, 0.29) is 0 Å². The molecule has 1 aromatic rings. The topological polar surface area (TPSA) is 27.8 Å². The van der Waals surface area contributed by atoms with Gasteiger partial charge in [0.25, 0.3) is 0 Å². The van der Waals surface area contributed by atoms with E-state index in [9.17, 15) is 5.02 Å². The Kier molecular flexibility index (Phi) is 2.65. The maximum Gasteiger partial charge on any atom is 0.408 e. The number of benzene rings is 1. The molecule has 0 atom stereocenters. The molecular weight excluding hydrogens is 187 g/mol. The van der Waals surface area contributed by atoms with Crippen LogP contribution in [0.15, 0.2) is 18.2 Å². The molecule has 0 amide bonds. The third kappa shape index (κ3) is 1.71. The summed E-state index contributed by atoms with van der Waals surface area (Å²) in [4.78, 5) is 5.42. The molecule has 0 spiro atoms. The summed E-state index contributed by atoms with van der Waals surface area (Å²) in [5, 5.41) is 9.67. The first kappa shape index (κ1) is 10.1. The monoisotopic (exact) mass is 200 g/mol. The lowest BCUT2D eigenvalue weighted by Crippen LogP contribution is -2.40. The lowest BCUT2D eigenvalue weighted by atomic mass is 9.81. The van der Waals surface area contributed by atoms with Crippen molar-refractivity contribution in [2.75, 3.05) is 11.4 Å². The van der Waals surface area contributed by atoms with Gasteiger partial charge in [0.05, 0.1) is 6.57 Å². The van der Waals surface area contributed by atoms with E-state index in [1.165, 1.54) is 5.56 Å². The first-order chi connectivity index (χ1) is 7.24. The molecule has 0 saturated heterocycles. The summed E-state index contributed by atoms with van der Waals surface area (Å²) in [6, 6.07) is 5.77. The van der Waals surface area contributed by atoms with E-state index >= 15 is 0 Å². The maximum atomic E-state index is 9.67. The number of hydrogen-bond acceptors (Lipinski definition) is 2. The van der Waals surface area contributed by atoms with E-state index in [4.69, 9.17) is 6.57 Å². The van der Waals surface area contributed by atoms with E-state index < -0.39 is 7.05 Å². The summed E-state index contributed by atoms with van der Waals surface area (Å²) in [5.74, 6) is 0. The number of anilines is 1. The predicted molar refractivity (Wildman–Crippen MR) is 62.2 cm³/mol. The van der Waals surface area contributed by atoms with Gasteiger partial charge in [0.2, 0.25) is 5.69 Å². The van der Waals surface area contributed by atoms with Gasteiger partial charge in [-0.15, -0.1) is 0 Å². The van der Waals surface area contributed by atoms with Crippen LogP contribution in [0.3, 0.4) is 0 Å². The Morgan fingerprint density at radius 1 is 1.53 bits per heavy atom. The standard InChI is InChI=1S/C11H13BN2O/c1-12(15)14-8-4-6-9-5-3-7-10(13-2)11(9)14/h3,5,7,15H,4,6,8H2,1H3. The second-order valence-electron chi connectivity index (χ2n) is 3.83. The minimum absolute atomic E-state index is 0.521. The molecule has 1 heterocycles. The van der Waals surface area contributed by atoms with Gasteiger partial charge in [0.15, 0.2) is 0 Å². The Labute approximate surface area is 90.3 Å². The number of rotatable bonds is 1. The SMILES string of the molecule is [C-]#[N+]c1cccc2c1N(B(C)O)CCC2. The Bertz CT molecular complexity index is 412. The van der Waals surface area contributed by atoms with E-state index in [0.717, 1.165) is 25.1 Å². The highest BCUT2D eigenvalue weighted by molar-refractivity contribution is 6.54. The fourth-order valence-electron chi connectivity index (χ4n) is 2.13. The molecule has 1 aliphatic rings. The molecule has 76 valence electrons. The van der Waals surface area contributed by atoms with E-state index in [2.05, 4.69) is 4.85 Å². The highest BCUT2D eigenvalue weighted by Crippen LogP contribution is 2.36. The van der Waals surface area contributed by atoms with E-state index in [0.29, 0.717) is 5.69 Å². The molecule has 0 saturated carbocycles. The van der Waals surface area contributed by atoms with Crippen LogP contribution >= 0.6 is 0 Å². The van der Waals surface area contributed by atoms with Crippen molar-refractivity contribution in [1.29, 1.82) is 0 Å². The summed E-state index contributed by atoms with van der Waals surface area (Å²) >= 11 is 0. The van der Waals surface area contributed by atoms with Gasteiger partial charge in [-0.3, -0.25) is 0 Å². The molecular formula is C11H13BN2O. The Balaban J connectivity index is 2.53. The van der Waals surface area contributed by atoms with Crippen molar-refractivity contribution >= 4 is 18.4 Å². The molecule has 0 aromatic heterocycles. The van der Waals surface area contributed by atoms with Gasteiger partial charge >= 0.3 is 7.05 Å². The van der Waals surface area contributed by atoms with Crippen LogP contribution in [0.25, 0.3) is 4.85 Å². The molecule has 3 nitrogen and oxygen atoms in total. The summed E-state index contributed by atoms with van der Waals surface area (Å²) in [5.41, 5.74) is 2.75. The first-order valence-corrected chi connectivity index (χ1v) is 5.18. The quantitative estimate of drug-likeness (QED) is 0.555. The normalized spacial score (nSPS) is 14.3. The van der Waals surface area contributed by atoms with Crippen molar-refractivity contribution in [3.63, 3.8) is 0 Å². The maximum absolute atomic E-state index is 9.67. The van der Waals surface area contributed by atoms with Gasteiger partial charge in [0, 0.05) is 12.2 Å². The van der Waals surface area contributed by atoms with Gasteiger partial charge < -0.3 is 9.83 Å². The van der Waals surface area contributed by atoms with Crippen molar-refractivity contribution in [3.8, 4) is 0 Å². The fourth-order valence-corrected chi connectivity index (χ4v) is 2.13. The van der Waals surface area contributed by atoms with Gasteiger partial charge in [-0.05, 0) is 25.2 Å². The van der Waals surface area contributed by atoms with E-state index in [1.807, 2.05) is 23.0 Å². The lowest BCUT2D eigenvalue weighted by molar-refractivity contribution is 0.564. The number of para-hydroxylation sites is 1. The lowest BCUT2D eigenvalue weighted by Gasteiger charge is -2.33. The minimum atomic E-state index is -0.521. The highest BCUT2D eigenvalue weighted by atomic mass is 16.2. The summed E-state index contributed by atoms with van der Waals surface area (Å²) < 4.78 is 0. The van der Waals surface area contributed by atoms with Crippen LogP contribution in [0, 0.1) is 6.57 Å². The first-order valence-electron chi connectivity index (χ1n) is 5.18. The molecule has 0 bridgehead atoms. The molecule has 2 rings (SSSR count). The third-order valence-corrected chi connectivity index (χ3v) is 2.80. The Hall–Kier alpha value is -1.47. The van der Waals surface area contributed by atoms with Crippen molar-refractivity contribution in [1.82, 2.24) is 0 Å². The Morgan fingerprint density at radius 3 is 3.00 bits per heavy atom. The van der Waals surface area contributed by atoms with Gasteiger partial charge in [-0.1, -0.05) is 18.2 Å². The summed E-state index contributed by atoms with van der Waals surface area (Å²) in [7, 11) is -0.521. The molecule has 15 heavy (non-hydrogen) atoms. The summed E-state index contributed by atoms with van der Waals surface area (Å²) in [6.45, 7) is 9.71. The minimum Gasteiger partial charge on any atom is -0.432 e. The van der Waals surface area contributed by atoms with Crippen LogP contribution < -0.4 is 4.81 Å². The van der Waals surface area contributed by atoms with Gasteiger partial charge in [-0.25, -0.2) is 4.85 Å². The van der Waals surface area contributed by atoms with Crippen molar-refractivity contribution in [3.05, 3.63) is 35.2 Å². The zero-order valence-corrected chi connectivity index (χ0v) is 8.77. The number of aryl methyl sites for hydroxylation is 1. The second kappa shape index (κ2) is 3.96. The van der Waals surface area contributed by atoms with Crippen LogP contribution in [-0.4, -0.2) is 18.6 Å². The third-order valence-electron chi connectivity index (χ3n) is 2.80. The van der Waals surface area contributed by atoms with Crippen molar-refractivity contribution in [2.45, 2.75) is 19.7 Å². The zero-order valence-electron chi connectivity index (χ0n) is 8.77. The Morgan fingerprint density at radius 2 is 2.33 bits per heavy atom. The van der Waals surface area contributed by atoms with Crippen LogP contribution in [0.5, 0.6) is 0 Å². The van der Waals surface area contributed by atoms with E-state index in [1.54, 1.807) is 6.82 Å². The molecule has 0 radical (unpaired) electrons. The highest BCUT2D eigenvalue weighted by Gasteiger charge is 2.25. The average molecular weight is 200 g/mol. The molecule has 1 aromatic carbocycles. The number of hydrogen-bond donors (Lipinski definition) is 1. The van der Waals surface area contributed by atoms with Crippen molar-refractivity contribution in [2.24, 2.45) is 0 Å². The molecule has 1 N–H and O–H groups in total. The second-order valence-corrected chi connectivity index (χ2v) is 3.83. The van der Waals surface area contributed by atoms with Crippen molar-refractivity contribution < 1.29 is 5.02 Å². The molecule has 1 aliphatic heterocycles. The smallest absolute Gasteiger partial charge is 0.408 e. The predicted octanol–water partition coefficient (Wildman–Crippen LogP) is 2.10. The van der Waals surface area contributed by atoms with Crippen LogP contribution in [0.4, 0.5) is 11.4 Å². The van der Waals surface area contributed by atoms with Crippen LogP contribution in [0.2, 0.25) is 6.82 Å². The molecule has 0 fully saturated rings. The molecule has 4 heteroatoms. The average Bonchev–Trinajstić information content (AvgIpc) is 2.27. The van der Waals surface area contributed by atoms with Gasteiger partial charge in [-0.2, -0.15) is 0 Å². The number of fused-ring (bicyclic) bond motifs is 1. The van der Waals surface area contributed by atoms with Gasteiger partial charge in [0.1, 0.15) is 0 Å². The fraction of sp³-hybridized carbons (Fsp3) is 0.364. The molecule has 0 unspecified atom stereocenters. The van der Waals surface area contributed by atoms with Crippen LogP contribution in [0.1, 0.15) is 12.0 Å². The largest absolute Gasteiger partial charge is 0.432 e. The van der Waals surface area contributed by atoms with Crippen LogP contribution in [-0.2, 0) is 6.42 Å².